The zero-order valence-electron chi connectivity index (χ0n) is 11.1. The molecule has 0 aromatic heterocycles. The van der Waals surface area contributed by atoms with Crippen molar-refractivity contribution in [1.29, 1.82) is 0 Å². The van der Waals surface area contributed by atoms with Crippen LogP contribution >= 0.6 is 0 Å². The molecule has 0 bridgehead atoms. The third-order valence-electron chi connectivity index (χ3n) is 3.22. The van der Waals surface area contributed by atoms with Crippen LogP contribution in [0.5, 0.6) is 0 Å². The van der Waals surface area contributed by atoms with Crippen LogP contribution in [0.2, 0.25) is 0 Å². The molecule has 1 unspecified atom stereocenters. The second kappa shape index (κ2) is 6.55. The molecule has 1 aliphatic carbocycles. The van der Waals surface area contributed by atoms with E-state index in [1.54, 1.807) is 0 Å². The maximum atomic E-state index is 11.2. The Kier molecular flexibility index (Phi) is 5.67. The Hall–Kier alpha value is -0.350. The fourth-order valence-electron chi connectivity index (χ4n) is 2.04. The molecule has 0 N–H and O–H groups in total. The third-order valence-corrected chi connectivity index (χ3v) is 4.15. The van der Waals surface area contributed by atoms with Gasteiger partial charge in [-0.05, 0) is 31.6 Å². The van der Waals surface area contributed by atoms with Gasteiger partial charge in [-0.3, -0.25) is 4.90 Å². The summed E-state index contributed by atoms with van der Waals surface area (Å²) in [4.78, 5) is 2.36. The van der Waals surface area contributed by atoms with Crippen LogP contribution in [0, 0.1) is 5.92 Å². The molecule has 0 amide bonds. The maximum Gasteiger partial charge on any atom is 0.148 e. The van der Waals surface area contributed by atoms with Gasteiger partial charge >= 0.3 is 0 Å². The van der Waals surface area contributed by atoms with Crippen molar-refractivity contribution in [2.45, 2.75) is 38.6 Å². The van der Waals surface area contributed by atoms with E-state index in [0.717, 1.165) is 19.4 Å². The van der Waals surface area contributed by atoms with Gasteiger partial charge in [0.05, 0.1) is 5.75 Å². The molecule has 100 valence electrons. The van der Waals surface area contributed by atoms with Gasteiger partial charge in [0.1, 0.15) is 9.84 Å². The van der Waals surface area contributed by atoms with Crippen molar-refractivity contribution in [3.05, 3.63) is 12.7 Å². The van der Waals surface area contributed by atoms with Gasteiger partial charge in [-0.25, -0.2) is 8.42 Å². The summed E-state index contributed by atoms with van der Waals surface area (Å²) in [6, 6.07) is 0.642. The van der Waals surface area contributed by atoms with E-state index in [1.165, 1.54) is 19.1 Å². The molecule has 0 aliphatic heterocycles. The van der Waals surface area contributed by atoms with Crippen LogP contribution in [0.15, 0.2) is 12.7 Å². The van der Waals surface area contributed by atoms with Gasteiger partial charge in [-0.2, -0.15) is 0 Å². The molecule has 1 rings (SSSR count). The zero-order chi connectivity index (χ0) is 12.9. The molecule has 0 heterocycles. The Morgan fingerprint density at radius 1 is 1.47 bits per heavy atom. The molecule has 0 radical (unpaired) electrons. The van der Waals surface area contributed by atoms with Crippen LogP contribution in [0.4, 0.5) is 0 Å². The lowest BCUT2D eigenvalue weighted by Gasteiger charge is -2.25. The van der Waals surface area contributed by atoms with Gasteiger partial charge < -0.3 is 0 Å². The highest BCUT2D eigenvalue weighted by Gasteiger charge is 2.29. The van der Waals surface area contributed by atoms with E-state index in [2.05, 4.69) is 18.4 Å². The van der Waals surface area contributed by atoms with Crippen molar-refractivity contribution in [1.82, 2.24) is 4.90 Å². The third kappa shape index (κ3) is 6.84. The molecular formula is C13H25NO2S. The Labute approximate surface area is 106 Å². The second-order valence-corrected chi connectivity index (χ2v) is 7.59. The van der Waals surface area contributed by atoms with Crippen molar-refractivity contribution in [3.8, 4) is 0 Å². The highest BCUT2D eigenvalue weighted by Crippen LogP contribution is 2.28. The minimum absolute atomic E-state index is 0.289. The van der Waals surface area contributed by atoms with Crippen molar-refractivity contribution in [2.24, 2.45) is 5.92 Å². The number of rotatable bonds is 9. The fourth-order valence-corrected chi connectivity index (χ4v) is 2.61. The van der Waals surface area contributed by atoms with Crippen LogP contribution in [0.25, 0.3) is 0 Å². The van der Waals surface area contributed by atoms with Crippen LogP contribution in [-0.4, -0.2) is 44.5 Å². The van der Waals surface area contributed by atoms with E-state index in [9.17, 15) is 8.42 Å². The Morgan fingerprint density at radius 2 is 2.12 bits per heavy atom. The molecule has 0 aromatic carbocycles. The summed E-state index contributed by atoms with van der Waals surface area (Å²) in [6.45, 7) is 7.69. The molecular weight excluding hydrogens is 234 g/mol. The molecule has 1 fully saturated rings. The minimum atomic E-state index is -2.84. The lowest BCUT2D eigenvalue weighted by molar-refractivity contribution is 0.235. The maximum absolute atomic E-state index is 11.2. The quantitative estimate of drug-likeness (QED) is 0.595. The first-order valence-corrected chi connectivity index (χ1v) is 8.51. The molecule has 0 spiro atoms. The van der Waals surface area contributed by atoms with Gasteiger partial charge in [0.15, 0.2) is 0 Å². The Balaban J connectivity index is 2.35. The van der Waals surface area contributed by atoms with Crippen LogP contribution in [0.1, 0.15) is 32.6 Å². The molecule has 1 aliphatic rings. The number of nitrogens with zero attached hydrogens (tertiary/aromatic N) is 1. The summed E-state index contributed by atoms with van der Waals surface area (Å²) in [7, 11) is -2.84. The standard InChI is InChI=1S/C13H25NO2S/c1-4-5-6-12(2)11-14(13-7-8-13)9-10-17(3,15)16/h4,12-13H,1,5-11H2,2-3H3. The predicted molar refractivity (Wildman–Crippen MR) is 72.9 cm³/mol. The predicted octanol–water partition coefficient (Wildman–Crippen LogP) is 2.10. The number of sulfone groups is 1. The number of allylic oxidation sites excluding steroid dienone is 1. The Bertz CT molecular complexity index is 333. The van der Waals surface area contributed by atoms with E-state index in [-0.39, 0.29) is 5.75 Å². The smallest absolute Gasteiger partial charge is 0.148 e. The molecule has 4 heteroatoms. The van der Waals surface area contributed by atoms with Gasteiger partial charge in [-0.1, -0.05) is 13.0 Å². The molecule has 1 saturated carbocycles. The topological polar surface area (TPSA) is 37.4 Å². The fraction of sp³-hybridized carbons (Fsp3) is 0.846. The van der Waals surface area contributed by atoms with Crippen LogP contribution < -0.4 is 0 Å². The average Bonchev–Trinajstić information content (AvgIpc) is 3.03. The summed E-state index contributed by atoms with van der Waals surface area (Å²) < 4.78 is 22.4. The molecule has 0 saturated heterocycles. The van der Waals surface area contributed by atoms with Crippen molar-refractivity contribution in [2.75, 3.05) is 25.1 Å². The van der Waals surface area contributed by atoms with Crippen LogP contribution in [-0.2, 0) is 9.84 Å². The van der Waals surface area contributed by atoms with E-state index >= 15 is 0 Å². The second-order valence-electron chi connectivity index (χ2n) is 5.33. The summed E-state index contributed by atoms with van der Waals surface area (Å²) >= 11 is 0. The summed E-state index contributed by atoms with van der Waals surface area (Å²) in [5.41, 5.74) is 0. The van der Waals surface area contributed by atoms with E-state index < -0.39 is 9.84 Å². The minimum Gasteiger partial charge on any atom is -0.299 e. The first-order valence-electron chi connectivity index (χ1n) is 6.45. The molecule has 0 aromatic rings. The van der Waals surface area contributed by atoms with Crippen molar-refractivity contribution < 1.29 is 8.42 Å². The first kappa shape index (κ1) is 14.7. The first-order chi connectivity index (χ1) is 7.92. The Morgan fingerprint density at radius 3 is 2.59 bits per heavy atom. The summed E-state index contributed by atoms with van der Waals surface area (Å²) in [6.07, 6.45) is 7.93. The summed E-state index contributed by atoms with van der Waals surface area (Å²) in [5, 5.41) is 0. The van der Waals surface area contributed by atoms with E-state index in [4.69, 9.17) is 0 Å². The SMILES string of the molecule is C=CCCC(C)CN(CCS(C)(=O)=O)C1CC1. The lowest BCUT2D eigenvalue weighted by Crippen LogP contribution is -2.34. The van der Waals surface area contributed by atoms with Gasteiger partial charge in [-0.15, -0.1) is 6.58 Å². The molecule has 1 atom stereocenters. The molecule has 17 heavy (non-hydrogen) atoms. The van der Waals surface area contributed by atoms with Crippen molar-refractivity contribution in [3.63, 3.8) is 0 Å². The lowest BCUT2D eigenvalue weighted by atomic mass is 10.1. The van der Waals surface area contributed by atoms with Crippen LogP contribution in [0.3, 0.4) is 0 Å². The highest BCUT2D eigenvalue weighted by atomic mass is 32.2. The largest absolute Gasteiger partial charge is 0.299 e. The van der Waals surface area contributed by atoms with Gasteiger partial charge in [0, 0.05) is 25.4 Å². The normalized spacial score (nSPS) is 18.3. The monoisotopic (exact) mass is 259 g/mol. The molecule has 3 nitrogen and oxygen atoms in total. The van der Waals surface area contributed by atoms with Gasteiger partial charge in [0.25, 0.3) is 0 Å². The van der Waals surface area contributed by atoms with Gasteiger partial charge in [0.2, 0.25) is 0 Å². The van der Waals surface area contributed by atoms with E-state index in [1.807, 2.05) is 6.08 Å². The number of hydrogen-bond donors (Lipinski definition) is 0. The van der Waals surface area contributed by atoms with E-state index in [0.29, 0.717) is 18.5 Å². The highest BCUT2D eigenvalue weighted by molar-refractivity contribution is 7.90. The summed E-state index contributed by atoms with van der Waals surface area (Å²) in [5.74, 6) is 0.908. The van der Waals surface area contributed by atoms with Crippen molar-refractivity contribution >= 4 is 9.84 Å². The average molecular weight is 259 g/mol. The zero-order valence-corrected chi connectivity index (χ0v) is 11.9. The number of hydrogen-bond acceptors (Lipinski definition) is 3.